The second kappa shape index (κ2) is 10.4. The predicted molar refractivity (Wildman–Crippen MR) is 120 cm³/mol. The van der Waals surface area contributed by atoms with Crippen LogP contribution in [0.25, 0.3) is 10.9 Å². The molecule has 1 aromatic carbocycles. The summed E-state index contributed by atoms with van der Waals surface area (Å²) in [6, 6.07) is 14.3. The average molecular weight is 484 g/mol. The van der Waals surface area contributed by atoms with E-state index in [-0.39, 0.29) is 24.0 Å². The highest BCUT2D eigenvalue weighted by Crippen LogP contribution is 2.14. The van der Waals surface area contributed by atoms with E-state index in [1.54, 1.807) is 13.2 Å². The monoisotopic (exact) mass is 483 g/mol. The van der Waals surface area contributed by atoms with Gasteiger partial charge in [-0.25, -0.2) is 4.98 Å². The molecular weight excluding hydrogens is 461 g/mol. The molecule has 7 heteroatoms. The number of hydrogen-bond acceptors (Lipinski definition) is 2. The van der Waals surface area contributed by atoms with E-state index in [1.807, 2.05) is 18.2 Å². The molecule has 0 amide bonds. The number of H-pyrrole nitrogens is 1. The van der Waals surface area contributed by atoms with E-state index in [2.05, 4.69) is 49.9 Å². The number of benzene rings is 1. The fourth-order valence-corrected chi connectivity index (χ4v) is 2.80. The number of nitrogens with one attached hydrogen (secondary N) is 3. The maximum Gasteiger partial charge on any atom is 0.190 e. The first-order valence-electron chi connectivity index (χ1n) is 8.36. The van der Waals surface area contributed by atoms with Gasteiger partial charge >= 0.3 is 0 Å². The zero-order chi connectivity index (χ0) is 17.5. The lowest BCUT2D eigenvalue weighted by atomic mass is 10.2. The molecule has 0 saturated heterocycles. The van der Waals surface area contributed by atoms with Gasteiger partial charge < -0.3 is 15.6 Å². The fourth-order valence-electron chi connectivity index (χ4n) is 2.68. The van der Waals surface area contributed by atoms with Gasteiger partial charge in [-0.3, -0.25) is 4.99 Å². The van der Waals surface area contributed by atoms with Crippen molar-refractivity contribution in [1.82, 2.24) is 20.6 Å². The number of aliphatic imine (C=N–C) groups is 1. The first-order chi connectivity index (χ1) is 12.2. The number of guanidine groups is 1. The molecule has 0 aliphatic heterocycles. The van der Waals surface area contributed by atoms with Gasteiger partial charge in [0.15, 0.2) is 5.96 Å². The summed E-state index contributed by atoms with van der Waals surface area (Å²) in [5.74, 6) is 0.804. The Morgan fingerprint density at radius 3 is 2.58 bits per heavy atom. The Morgan fingerprint density at radius 1 is 1.12 bits per heavy atom. The number of aromatic nitrogens is 2. The molecule has 0 fully saturated rings. The Morgan fingerprint density at radius 2 is 1.88 bits per heavy atom. The number of aromatic amines is 1. The van der Waals surface area contributed by atoms with Crippen LogP contribution >= 0.6 is 35.6 Å². The van der Waals surface area contributed by atoms with Crippen molar-refractivity contribution in [3.05, 3.63) is 65.1 Å². The second-order valence-electron chi connectivity index (χ2n) is 5.80. The molecule has 0 aliphatic rings. The van der Waals surface area contributed by atoms with E-state index in [9.17, 15) is 0 Å². The van der Waals surface area contributed by atoms with Crippen LogP contribution in [0.3, 0.4) is 0 Å². The summed E-state index contributed by atoms with van der Waals surface area (Å²) >= 11 is 5.79. The lowest BCUT2D eigenvalue weighted by molar-refractivity contribution is 0.778. The Labute approximate surface area is 175 Å². The number of pyridine rings is 1. The molecule has 0 saturated carbocycles. The largest absolute Gasteiger partial charge is 0.358 e. The maximum atomic E-state index is 5.79. The van der Waals surface area contributed by atoms with E-state index < -0.39 is 0 Å². The molecule has 0 atom stereocenters. The number of fused-ring (bicyclic) bond motifs is 1. The smallest absolute Gasteiger partial charge is 0.190 e. The minimum atomic E-state index is 0. The van der Waals surface area contributed by atoms with Crippen LogP contribution in [0.1, 0.15) is 11.3 Å². The molecular formula is C19H23ClIN5. The first kappa shape index (κ1) is 20.5. The molecule has 0 spiro atoms. The van der Waals surface area contributed by atoms with Gasteiger partial charge in [0.1, 0.15) is 5.15 Å². The lowest BCUT2D eigenvalue weighted by Gasteiger charge is -2.11. The van der Waals surface area contributed by atoms with Gasteiger partial charge in [0.2, 0.25) is 0 Å². The van der Waals surface area contributed by atoms with Gasteiger partial charge in [-0.15, -0.1) is 24.0 Å². The summed E-state index contributed by atoms with van der Waals surface area (Å²) < 4.78 is 0. The zero-order valence-electron chi connectivity index (χ0n) is 14.6. The quantitative estimate of drug-likeness (QED) is 0.216. The molecule has 3 rings (SSSR count). The standard InChI is InChI=1S/C19H22ClN5.HI/c1-21-19(22-10-8-14-6-7-18(20)24-13-14)23-11-9-16-12-15-4-2-3-5-17(15)25-16;/h2-7,12-13,25H,8-11H2,1H3,(H2,21,22,23);1H. The van der Waals surface area contributed by atoms with Gasteiger partial charge in [-0.05, 0) is 35.6 Å². The highest BCUT2D eigenvalue weighted by Gasteiger charge is 2.02. The van der Waals surface area contributed by atoms with Crippen molar-refractivity contribution >= 4 is 52.4 Å². The number of nitrogens with zero attached hydrogens (tertiary/aromatic N) is 2. The van der Waals surface area contributed by atoms with Crippen molar-refractivity contribution in [1.29, 1.82) is 0 Å². The Hall–Kier alpha value is -1.80. The molecule has 2 heterocycles. The van der Waals surface area contributed by atoms with Gasteiger partial charge in [0.05, 0.1) is 0 Å². The number of halogens is 2. The topological polar surface area (TPSA) is 65.1 Å². The Balaban J connectivity index is 0.00000243. The lowest BCUT2D eigenvalue weighted by Crippen LogP contribution is -2.39. The number of hydrogen-bond donors (Lipinski definition) is 3. The predicted octanol–water partition coefficient (Wildman–Crippen LogP) is 3.78. The molecule has 138 valence electrons. The SMILES string of the molecule is CN=C(NCCc1ccc(Cl)nc1)NCCc1cc2ccccc2[nH]1.I. The summed E-state index contributed by atoms with van der Waals surface area (Å²) in [5.41, 5.74) is 3.54. The highest BCUT2D eigenvalue weighted by molar-refractivity contribution is 14.0. The van der Waals surface area contributed by atoms with E-state index in [0.29, 0.717) is 5.15 Å². The third kappa shape index (κ3) is 5.88. The first-order valence-corrected chi connectivity index (χ1v) is 8.74. The summed E-state index contributed by atoms with van der Waals surface area (Å²) in [7, 11) is 1.78. The van der Waals surface area contributed by atoms with E-state index in [4.69, 9.17) is 11.6 Å². The molecule has 0 radical (unpaired) electrons. The third-order valence-corrected chi connectivity index (χ3v) is 4.21. The average Bonchev–Trinajstić information content (AvgIpc) is 3.05. The van der Waals surface area contributed by atoms with Crippen LogP contribution in [0, 0.1) is 0 Å². The molecule has 0 aliphatic carbocycles. The summed E-state index contributed by atoms with van der Waals surface area (Å²) in [6.45, 7) is 1.60. The van der Waals surface area contributed by atoms with Crippen LogP contribution in [-0.2, 0) is 12.8 Å². The van der Waals surface area contributed by atoms with Gasteiger partial charge in [-0.1, -0.05) is 35.9 Å². The summed E-state index contributed by atoms with van der Waals surface area (Å²) in [4.78, 5) is 11.8. The van der Waals surface area contributed by atoms with Gasteiger partial charge in [0, 0.05) is 44.0 Å². The van der Waals surface area contributed by atoms with Gasteiger partial charge in [-0.2, -0.15) is 0 Å². The number of para-hydroxylation sites is 1. The number of rotatable bonds is 6. The normalized spacial score (nSPS) is 11.2. The fraction of sp³-hybridized carbons (Fsp3) is 0.263. The van der Waals surface area contributed by atoms with Crippen LogP contribution in [0.15, 0.2) is 53.7 Å². The zero-order valence-corrected chi connectivity index (χ0v) is 17.7. The molecule has 0 unspecified atom stereocenters. The van der Waals surface area contributed by atoms with E-state index in [1.165, 1.54) is 16.6 Å². The van der Waals surface area contributed by atoms with Crippen LogP contribution in [0.2, 0.25) is 5.15 Å². The van der Waals surface area contributed by atoms with Gasteiger partial charge in [0.25, 0.3) is 0 Å². The van der Waals surface area contributed by atoms with Crippen LogP contribution < -0.4 is 10.6 Å². The molecule has 5 nitrogen and oxygen atoms in total. The minimum absolute atomic E-state index is 0. The molecule has 2 aromatic heterocycles. The summed E-state index contributed by atoms with van der Waals surface area (Å²) in [6.07, 6.45) is 3.58. The second-order valence-corrected chi connectivity index (χ2v) is 6.18. The van der Waals surface area contributed by atoms with Crippen molar-refractivity contribution in [2.75, 3.05) is 20.1 Å². The highest BCUT2D eigenvalue weighted by atomic mass is 127. The van der Waals surface area contributed by atoms with Crippen molar-refractivity contribution < 1.29 is 0 Å². The summed E-state index contributed by atoms with van der Waals surface area (Å²) in [5, 5.41) is 8.42. The van der Waals surface area contributed by atoms with Crippen molar-refractivity contribution in [3.8, 4) is 0 Å². The maximum absolute atomic E-state index is 5.79. The molecule has 0 bridgehead atoms. The molecule has 3 N–H and O–H groups in total. The van der Waals surface area contributed by atoms with E-state index >= 15 is 0 Å². The molecule has 3 aromatic rings. The van der Waals surface area contributed by atoms with Crippen molar-refractivity contribution in [2.24, 2.45) is 4.99 Å². The third-order valence-electron chi connectivity index (χ3n) is 3.99. The van der Waals surface area contributed by atoms with Crippen molar-refractivity contribution in [3.63, 3.8) is 0 Å². The van der Waals surface area contributed by atoms with E-state index in [0.717, 1.165) is 37.5 Å². The van der Waals surface area contributed by atoms with Crippen LogP contribution in [0.4, 0.5) is 0 Å². The Bertz CT molecular complexity index is 812. The minimum Gasteiger partial charge on any atom is -0.358 e. The van der Waals surface area contributed by atoms with Crippen LogP contribution in [0.5, 0.6) is 0 Å². The van der Waals surface area contributed by atoms with Crippen LogP contribution in [-0.4, -0.2) is 36.1 Å². The Kier molecular flexibility index (Phi) is 8.18. The van der Waals surface area contributed by atoms with Crippen molar-refractivity contribution in [2.45, 2.75) is 12.8 Å². The molecule has 26 heavy (non-hydrogen) atoms.